The smallest absolute Gasteiger partial charge is 0.0468 e. The molecule has 0 atom stereocenters. The Labute approximate surface area is 523 Å². The predicted molar refractivity (Wildman–Crippen MR) is 388 cm³/mol. The van der Waals surface area contributed by atoms with Gasteiger partial charge in [0.05, 0.1) is 0 Å². The number of rotatable bonds is 7. The van der Waals surface area contributed by atoms with E-state index in [0.29, 0.717) is 0 Å². The molecule has 7 heteroatoms. The second-order valence-corrected chi connectivity index (χ2v) is 22.3. The normalized spacial score (nSPS) is 10.7. The van der Waals surface area contributed by atoms with Gasteiger partial charge in [0.15, 0.2) is 0 Å². The summed E-state index contributed by atoms with van der Waals surface area (Å²) < 4.78 is 1.29. The zero-order valence-corrected chi connectivity index (χ0v) is 49.0. The van der Waals surface area contributed by atoms with E-state index in [1.54, 1.807) is 0 Å². The lowest BCUT2D eigenvalue weighted by molar-refractivity contribution is 1.29. The average Bonchev–Trinajstić information content (AvgIpc) is 1.63. The standard InChI is InChI=1S/C46H31N.C18H15N.C14H9I.CH4.B4/c1-2-8-32(9-3-1)33-14-16-34(17-15-33)35-22-24-40(25-23-35)47(41-26-28-45-38(30-41)20-18-36-10-4-6-12-43(36)45)42-27-29-46-39(31-42)21-19-37-11-5-7-13-44(37)46;19-18-12-10-17(11-13-18)16-8-6-15(7-9-16)14-4-2-1-3-5-14;15-12-7-8-14-11(9-12)6-5-10-3-1-2-4-13(10)14;;1-4(2)3/h1-31H;1-13H,19H2;1-9H;1H4;. The third-order valence-electron chi connectivity index (χ3n) is 15.4. The van der Waals surface area contributed by atoms with E-state index in [2.05, 4.69) is 342 Å². The molecule has 0 spiro atoms. The Kier molecular flexibility index (Phi) is 18.3. The Balaban J connectivity index is 0.000000160. The van der Waals surface area contributed by atoms with Crippen molar-refractivity contribution in [2.75, 3.05) is 10.6 Å². The van der Waals surface area contributed by atoms with Crippen LogP contribution in [0.4, 0.5) is 22.7 Å². The molecule has 0 aliphatic rings. The fourth-order valence-electron chi connectivity index (χ4n) is 11.2. The molecule has 86 heavy (non-hydrogen) atoms. The van der Waals surface area contributed by atoms with Crippen LogP contribution in [0.3, 0.4) is 0 Å². The van der Waals surface area contributed by atoms with Crippen LogP contribution in [0.1, 0.15) is 7.43 Å². The highest BCUT2D eigenvalue weighted by Crippen LogP contribution is 2.41. The van der Waals surface area contributed by atoms with E-state index in [4.69, 9.17) is 5.73 Å². The lowest BCUT2D eigenvalue weighted by Crippen LogP contribution is -2.11. The Morgan fingerprint density at radius 2 is 0.512 bits per heavy atom. The van der Waals surface area contributed by atoms with Gasteiger partial charge in [-0.1, -0.05) is 268 Å². The molecule has 0 fully saturated rings. The van der Waals surface area contributed by atoms with Crippen molar-refractivity contribution in [3.63, 3.8) is 0 Å². The molecule has 15 aromatic rings. The molecule has 0 aromatic heterocycles. The molecule has 15 aromatic carbocycles. The summed E-state index contributed by atoms with van der Waals surface area (Å²) in [6.45, 7) is 0. The maximum Gasteiger partial charge on any atom is 0.0468 e. The molecular weight excluding hydrogens is 1150 g/mol. The Morgan fingerprint density at radius 1 is 0.256 bits per heavy atom. The molecule has 0 heterocycles. The Bertz CT molecular complexity index is 4630. The maximum atomic E-state index is 5.70. The van der Waals surface area contributed by atoms with Crippen LogP contribution in [0.5, 0.6) is 0 Å². The van der Waals surface area contributed by atoms with Gasteiger partial charge in [0.1, 0.15) is 0 Å². The number of fused-ring (bicyclic) bond motifs is 9. The number of hydrogen-bond donors (Lipinski definition) is 1. The Hall–Kier alpha value is -9.55. The van der Waals surface area contributed by atoms with Crippen molar-refractivity contribution in [1.82, 2.24) is 0 Å². The molecule has 0 amide bonds. The molecule has 0 bridgehead atoms. The Morgan fingerprint density at radius 3 is 0.884 bits per heavy atom. The van der Waals surface area contributed by atoms with E-state index in [1.165, 1.54) is 113 Å². The van der Waals surface area contributed by atoms with Crippen LogP contribution in [-0.2, 0) is 0 Å². The first kappa shape index (κ1) is 58.2. The summed E-state index contributed by atoms with van der Waals surface area (Å²) in [5.41, 5.74) is 19.6. The quantitative estimate of drug-likeness (QED) is 0.0746. The van der Waals surface area contributed by atoms with Crippen LogP contribution in [-0.4, -0.2) is 29.6 Å². The highest BCUT2D eigenvalue weighted by atomic mass is 127. The van der Waals surface area contributed by atoms with E-state index in [0.717, 1.165) is 22.7 Å². The summed E-state index contributed by atoms with van der Waals surface area (Å²) in [5, 5.41) is 15.4. The van der Waals surface area contributed by atoms with E-state index >= 15 is 0 Å². The first-order valence-corrected chi connectivity index (χ1v) is 29.5. The number of nitrogens with two attached hydrogens (primary N) is 1. The van der Waals surface area contributed by atoms with E-state index < -0.39 is 6.39 Å². The van der Waals surface area contributed by atoms with Crippen molar-refractivity contribution in [1.29, 1.82) is 0 Å². The fourth-order valence-corrected chi connectivity index (χ4v) is 11.7. The van der Waals surface area contributed by atoms with Crippen LogP contribution in [0.25, 0.3) is 109 Å². The summed E-state index contributed by atoms with van der Waals surface area (Å²) in [6.07, 6.45) is -0.667. The topological polar surface area (TPSA) is 29.3 Å². The number of benzene rings is 15. The van der Waals surface area contributed by atoms with Gasteiger partial charge in [0, 0.05) is 55.9 Å². The van der Waals surface area contributed by atoms with E-state index in [1.807, 2.05) is 30.3 Å². The number of nitrogen functional groups attached to an aromatic ring is 1. The summed E-state index contributed by atoms with van der Waals surface area (Å²) in [7, 11) is 14.0. The van der Waals surface area contributed by atoms with Gasteiger partial charge in [-0.05, 0) is 192 Å². The van der Waals surface area contributed by atoms with Gasteiger partial charge in [-0.2, -0.15) is 0 Å². The number of anilines is 4. The lowest BCUT2D eigenvalue weighted by Gasteiger charge is -2.26. The SMILES string of the molecule is C.Ic1ccc2c(ccc3ccccc32)c1.Nc1ccc(-c2ccc(-c3ccccc3)cc2)cc1.[B]B([B])[B].c1ccc(-c2ccc(-c3ccc(N(c4ccc5c(ccc6ccccc65)c4)c4ccc5c(ccc6ccccc65)c4)cc3)cc2)cc1. The molecule has 0 aliphatic carbocycles. The number of hydrogen-bond acceptors (Lipinski definition) is 2. The number of nitrogens with zero attached hydrogens (tertiary/aromatic N) is 1. The fraction of sp³-hybridized carbons (Fsp3) is 0.0127. The van der Waals surface area contributed by atoms with Crippen molar-refractivity contribution in [3.05, 3.63) is 325 Å². The van der Waals surface area contributed by atoms with Crippen LogP contribution in [0.15, 0.2) is 322 Å². The van der Waals surface area contributed by atoms with Gasteiger partial charge in [-0.3, -0.25) is 0 Å². The minimum Gasteiger partial charge on any atom is -0.399 e. The van der Waals surface area contributed by atoms with Crippen molar-refractivity contribution in [2.45, 2.75) is 7.43 Å². The monoisotopic (exact) mass is 1210 g/mol. The van der Waals surface area contributed by atoms with Gasteiger partial charge >= 0.3 is 0 Å². The van der Waals surface area contributed by atoms with Crippen molar-refractivity contribution in [3.8, 4) is 44.5 Å². The van der Waals surface area contributed by atoms with Crippen LogP contribution in [0.2, 0.25) is 0 Å². The van der Waals surface area contributed by atoms with E-state index in [9.17, 15) is 0 Å². The number of halogens is 1. The second-order valence-electron chi connectivity index (χ2n) is 21.0. The summed E-state index contributed by atoms with van der Waals surface area (Å²) in [4.78, 5) is 2.38. The predicted octanol–water partition coefficient (Wildman–Crippen LogP) is 21.4. The third-order valence-corrected chi connectivity index (χ3v) is 16.0. The van der Waals surface area contributed by atoms with Crippen molar-refractivity contribution in [2.24, 2.45) is 0 Å². The molecule has 15 rings (SSSR count). The van der Waals surface area contributed by atoms with Crippen LogP contribution >= 0.6 is 22.6 Å². The molecule has 0 saturated heterocycles. The highest BCUT2D eigenvalue weighted by molar-refractivity contribution is 14.1. The average molecular weight is 1210 g/mol. The van der Waals surface area contributed by atoms with Gasteiger partial charge in [0.25, 0.3) is 0 Å². The zero-order valence-electron chi connectivity index (χ0n) is 46.8. The summed E-state index contributed by atoms with van der Waals surface area (Å²) in [6, 6.07) is 115. The minimum atomic E-state index is -0.667. The van der Waals surface area contributed by atoms with Crippen molar-refractivity contribution < 1.29 is 0 Å². The zero-order chi connectivity index (χ0) is 58.1. The summed E-state index contributed by atoms with van der Waals surface area (Å²) in [5.74, 6) is 0. The summed E-state index contributed by atoms with van der Waals surface area (Å²) >= 11 is 2.35. The molecule has 0 saturated carbocycles. The molecule has 6 radical (unpaired) electrons. The molecule has 2 nitrogen and oxygen atoms in total. The first-order valence-electron chi connectivity index (χ1n) is 28.4. The van der Waals surface area contributed by atoms with Gasteiger partial charge in [0.2, 0.25) is 0 Å². The second kappa shape index (κ2) is 27.0. The maximum absolute atomic E-state index is 5.70. The molecule has 2 N–H and O–H groups in total. The first-order chi connectivity index (χ1) is 41.7. The van der Waals surface area contributed by atoms with Gasteiger partial charge in [-0.25, -0.2) is 0 Å². The molecule has 0 unspecified atom stereocenters. The van der Waals surface area contributed by atoms with Gasteiger partial charge in [-0.15, -0.1) is 0 Å². The van der Waals surface area contributed by atoms with Crippen LogP contribution in [0, 0.1) is 3.57 Å². The highest BCUT2D eigenvalue weighted by Gasteiger charge is 2.16. The largest absolute Gasteiger partial charge is 0.399 e. The van der Waals surface area contributed by atoms with Gasteiger partial charge < -0.3 is 10.6 Å². The minimum absolute atomic E-state index is 0. The lowest BCUT2D eigenvalue weighted by atomic mass is 9.08. The molecular formula is C79H59B4IN2. The van der Waals surface area contributed by atoms with Crippen LogP contribution < -0.4 is 10.6 Å². The van der Waals surface area contributed by atoms with E-state index in [-0.39, 0.29) is 7.43 Å². The molecule has 404 valence electrons. The van der Waals surface area contributed by atoms with Crippen molar-refractivity contribution >= 4 is 140 Å². The molecule has 0 aliphatic heterocycles. The third kappa shape index (κ3) is 13.4.